The van der Waals surface area contributed by atoms with E-state index < -0.39 is 5.82 Å². The molecular weight excluding hydrogens is 290 g/mol. The topological polar surface area (TPSA) is 47.3 Å². The third-order valence-corrected chi connectivity index (χ3v) is 3.04. The third kappa shape index (κ3) is 3.22. The zero-order valence-electron chi connectivity index (χ0n) is 10.0. The van der Waals surface area contributed by atoms with Crippen LogP contribution in [-0.4, -0.2) is 7.11 Å². The Morgan fingerprint density at radius 3 is 2.32 bits per heavy atom. The first kappa shape index (κ1) is 13.8. The summed E-state index contributed by atoms with van der Waals surface area (Å²) in [5, 5.41) is 3.37. The summed E-state index contributed by atoms with van der Waals surface area (Å²) in [5.74, 6) is 0.0996. The lowest BCUT2D eigenvalue weighted by Crippen LogP contribution is -1.96. The van der Waals surface area contributed by atoms with E-state index in [0.717, 1.165) is 0 Å². The molecule has 2 aromatic carbocycles. The Bertz CT molecular complexity index is 597. The van der Waals surface area contributed by atoms with Crippen LogP contribution in [0.15, 0.2) is 30.3 Å². The summed E-state index contributed by atoms with van der Waals surface area (Å²) in [7, 11) is 1.54. The largest absolute Gasteiger partial charge is 0.497 e. The molecule has 0 heterocycles. The van der Waals surface area contributed by atoms with E-state index in [4.69, 9.17) is 33.7 Å². The molecule has 0 aliphatic heterocycles. The molecule has 3 nitrogen and oxygen atoms in total. The highest BCUT2D eigenvalue weighted by Gasteiger charge is 2.09. The van der Waals surface area contributed by atoms with E-state index in [1.54, 1.807) is 18.2 Å². The predicted molar refractivity (Wildman–Crippen MR) is 77.1 cm³/mol. The van der Waals surface area contributed by atoms with Crippen LogP contribution in [0, 0.1) is 5.82 Å². The van der Waals surface area contributed by atoms with Gasteiger partial charge in [0.05, 0.1) is 22.8 Å². The molecule has 0 saturated heterocycles. The fraction of sp³-hybridized carbons (Fsp3) is 0.0769. The Labute approximate surface area is 120 Å². The van der Waals surface area contributed by atoms with Gasteiger partial charge < -0.3 is 15.8 Å². The van der Waals surface area contributed by atoms with Crippen molar-refractivity contribution in [1.29, 1.82) is 0 Å². The number of ether oxygens (including phenoxy) is 1. The van der Waals surface area contributed by atoms with Crippen molar-refractivity contribution in [2.24, 2.45) is 0 Å². The number of rotatable bonds is 3. The van der Waals surface area contributed by atoms with Crippen LogP contribution in [0.5, 0.6) is 5.75 Å². The summed E-state index contributed by atoms with van der Waals surface area (Å²) >= 11 is 11.9. The predicted octanol–water partition coefficient (Wildman–Crippen LogP) is 4.47. The van der Waals surface area contributed by atoms with E-state index in [1.807, 2.05) is 0 Å². The van der Waals surface area contributed by atoms with E-state index in [1.165, 1.54) is 19.2 Å². The Kier molecular flexibility index (Phi) is 4.02. The first-order valence-corrected chi connectivity index (χ1v) is 6.11. The fourth-order valence-corrected chi connectivity index (χ4v) is 2.17. The van der Waals surface area contributed by atoms with Gasteiger partial charge in [0.2, 0.25) is 0 Å². The highest BCUT2D eigenvalue weighted by atomic mass is 35.5. The second-order valence-corrected chi connectivity index (χ2v) is 4.68. The molecule has 0 aromatic heterocycles. The van der Waals surface area contributed by atoms with Crippen LogP contribution < -0.4 is 15.8 Å². The van der Waals surface area contributed by atoms with Crippen molar-refractivity contribution < 1.29 is 9.13 Å². The maximum atomic E-state index is 13.1. The van der Waals surface area contributed by atoms with Crippen molar-refractivity contribution in [3.8, 4) is 5.75 Å². The number of methoxy groups -OCH3 is 1. The maximum absolute atomic E-state index is 13.1. The lowest BCUT2D eigenvalue weighted by Gasteiger charge is -2.12. The first-order chi connectivity index (χ1) is 8.99. The molecule has 0 bridgehead atoms. The van der Waals surface area contributed by atoms with Crippen LogP contribution in [0.4, 0.5) is 21.5 Å². The number of hydrogen-bond donors (Lipinski definition) is 2. The molecule has 100 valence electrons. The molecule has 0 saturated carbocycles. The second-order valence-electron chi connectivity index (χ2n) is 3.86. The molecule has 0 spiro atoms. The van der Waals surface area contributed by atoms with Crippen molar-refractivity contribution in [3.05, 3.63) is 46.2 Å². The van der Waals surface area contributed by atoms with Gasteiger partial charge in [-0.05, 0) is 18.2 Å². The number of nitrogens with one attached hydrogen (secondary N) is 1. The van der Waals surface area contributed by atoms with E-state index in [9.17, 15) is 4.39 Å². The smallest absolute Gasteiger partial charge is 0.126 e. The van der Waals surface area contributed by atoms with Crippen LogP contribution in [0.1, 0.15) is 0 Å². The summed E-state index contributed by atoms with van der Waals surface area (Å²) in [6.45, 7) is 0. The Morgan fingerprint density at radius 2 is 1.74 bits per heavy atom. The van der Waals surface area contributed by atoms with Gasteiger partial charge in [0.1, 0.15) is 11.6 Å². The molecule has 2 aromatic rings. The average molecular weight is 301 g/mol. The quantitative estimate of drug-likeness (QED) is 0.822. The van der Waals surface area contributed by atoms with Crippen molar-refractivity contribution in [1.82, 2.24) is 0 Å². The van der Waals surface area contributed by atoms with E-state index in [0.29, 0.717) is 22.8 Å². The zero-order valence-corrected chi connectivity index (χ0v) is 11.5. The van der Waals surface area contributed by atoms with Gasteiger partial charge in [-0.15, -0.1) is 0 Å². The standard InChI is InChI=1S/C13H11Cl2FN2O/c1-19-10-5-8(17)4-9(6-10)18-13-11(14)2-7(16)3-12(13)15/h2-6,18H,17H2,1H3. The SMILES string of the molecule is COc1cc(N)cc(Nc2c(Cl)cc(F)cc2Cl)c1. The number of nitrogens with two attached hydrogens (primary N) is 1. The van der Waals surface area contributed by atoms with Crippen LogP contribution >= 0.6 is 23.2 Å². The number of nitrogen functional groups attached to an aromatic ring is 1. The zero-order chi connectivity index (χ0) is 14.0. The summed E-state index contributed by atoms with van der Waals surface area (Å²) < 4.78 is 18.2. The molecule has 2 rings (SSSR count). The first-order valence-electron chi connectivity index (χ1n) is 5.35. The number of anilines is 3. The van der Waals surface area contributed by atoms with E-state index in [2.05, 4.69) is 5.32 Å². The molecule has 0 unspecified atom stereocenters. The van der Waals surface area contributed by atoms with Gasteiger partial charge >= 0.3 is 0 Å². The molecule has 0 radical (unpaired) electrons. The molecule has 0 aliphatic rings. The molecular formula is C13H11Cl2FN2O. The van der Waals surface area contributed by atoms with Crippen LogP contribution in [-0.2, 0) is 0 Å². The third-order valence-electron chi connectivity index (χ3n) is 2.44. The van der Waals surface area contributed by atoms with Gasteiger partial charge in [0.15, 0.2) is 0 Å². The molecule has 3 N–H and O–H groups in total. The lowest BCUT2D eigenvalue weighted by molar-refractivity contribution is 0.415. The summed E-state index contributed by atoms with van der Waals surface area (Å²) in [5.41, 5.74) is 7.33. The highest BCUT2D eigenvalue weighted by Crippen LogP contribution is 2.35. The van der Waals surface area contributed by atoms with Crippen molar-refractivity contribution in [2.45, 2.75) is 0 Å². The van der Waals surface area contributed by atoms with Crippen LogP contribution in [0.25, 0.3) is 0 Å². The minimum atomic E-state index is -0.495. The van der Waals surface area contributed by atoms with Gasteiger partial charge in [-0.25, -0.2) is 4.39 Å². The van der Waals surface area contributed by atoms with E-state index >= 15 is 0 Å². The van der Waals surface area contributed by atoms with Crippen LogP contribution in [0.2, 0.25) is 10.0 Å². The minimum Gasteiger partial charge on any atom is -0.497 e. The molecule has 0 amide bonds. The van der Waals surface area contributed by atoms with Gasteiger partial charge in [0.25, 0.3) is 0 Å². The normalized spacial score (nSPS) is 10.3. The van der Waals surface area contributed by atoms with Gasteiger partial charge in [0, 0.05) is 23.5 Å². The molecule has 0 atom stereocenters. The Morgan fingerprint density at radius 1 is 1.11 bits per heavy atom. The second kappa shape index (κ2) is 5.55. The van der Waals surface area contributed by atoms with Crippen LogP contribution in [0.3, 0.4) is 0 Å². The number of halogens is 3. The summed E-state index contributed by atoms with van der Waals surface area (Å²) in [6, 6.07) is 7.46. The van der Waals surface area contributed by atoms with Crippen molar-refractivity contribution >= 4 is 40.3 Å². The number of hydrogen-bond acceptors (Lipinski definition) is 3. The lowest BCUT2D eigenvalue weighted by atomic mass is 10.2. The number of benzene rings is 2. The fourth-order valence-electron chi connectivity index (χ4n) is 1.62. The molecule has 0 aliphatic carbocycles. The average Bonchev–Trinajstić information content (AvgIpc) is 2.33. The van der Waals surface area contributed by atoms with Crippen molar-refractivity contribution in [2.75, 3.05) is 18.2 Å². The van der Waals surface area contributed by atoms with Gasteiger partial charge in [-0.3, -0.25) is 0 Å². The minimum absolute atomic E-state index is 0.186. The van der Waals surface area contributed by atoms with E-state index in [-0.39, 0.29) is 10.0 Å². The summed E-state index contributed by atoms with van der Waals surface area (Å²) in [4.78, 5) is 0. The Hall–Kier alpha value is -1.65. The van der Waals surface area contributed by atoms with Gasteiger partial charge in [-0.2, -0.15) is 0 Å². The summed E-state index contributed by atoms with van der Waals surface area (Å²) in [6.07, 6.45) is 0. The highest BCUT2D eigenvalue weighted by molar-refractivity contribution is 6.39. The van der Waals surface area contributed by atoms with Gasteiger partial charge in [-0.1, -0.05) is 23.2 Å². The molecule has 6 heteroatoms. The molecule has 19 heavy (non-hydrogen) atoms. The molecule has 0 fully saturated rings. The maximum Gasteiger partial charge on any atom is 0.126 e. The Balaban J connectivity index is 2.39. The van der Waals surface area contributed by atoms with Crippen molar-refractivity contribution in [3.63, 3.8) is 0 Å². The monoisotopic (exact) mass is 300 g/mol.